The first-order valence-electron chi connectivity index (χ1n) is 9.43. The van der Waals surface area contributed by atoms with Crippen LogP contribution in [0.1, 0.15) is 50.9 Å². The molecule has 0 aliphatic carbocycles. The van der Waals surface area contributed by atoms with Crippen molar-refractivity contribution in [2.75, 3.05) is 19.6 Å². The molecule has 1 fully saturated rings. The van der Waals surface area contributed by atoms with Gasteiger partial charge in [-0.15, -0.1) is 0 Å². The summed E-state index contributed by atoms with van der Waals surface area (Å²) < 4.78 is 2.05. The highest BCUT2D eigenvalue weighted by molar-refractivity contribution is 5.88. The molecule has 2 aliphatic heterocycles. The van der Waals surface area contributed by atoms with Crippen molar-refractivity contribution in [1.82, 2.24) is 24.9 Å². The summed E-state index contributed by atoms with van der Waals surface area (Å²) in [5.41, 5.74) is 2.11. The number of rotatable bonds is 7. The average molecular weight is 347 g/mol. The number of fused-ring (bicyclic) bond motifs is 1. The van der Waals surface area contributed by atoms with Crippen LogP contribution in [0.25, 0.3) is 0 Å². The summed E-state index contributed by atoms with van der Waals surface area (Å²) in [6.45, 7) is 9.11. The second kappa shape index (κ2) is 7.99. The number of carbonyl (C=O) groups excluding carboxylic acids is 2. The molecule has 0 aromatic carbocycles. The monoisotopic (exact) mass is 347 g/mol. The van der Waals surface area contributed by atoms with Crippen molar-refractivity contribution < 1.29 is 9.59 Å². The number of amides is 2. The highest BCUT2D eigenvalue weighted by Gasteiger charge is 2.29. The van der Waals surface area contributed by atoms with Gasteiger partial charge in [0, 0.05) is 26.1 Å². The van der Waals surface area contributed by atoms with Gasteiger partial charge < -0.3 is 10.2 Å². The Balaban J connectivity index is 1.52. The quantitative estimate of drug-likeness (QED) is 0.803. The summed E-state index contributed by atoms with van der Waals surface area (Å²) in [6.07, 6.45) is 3.84. The number of hydrogen-bond donors (Lipinski definition) is 1. The largest absolute Gasteiger partial charge is 0.349 e. The zero-order chi connectivity index (χ0) is 17.8. The fraction of sp³-hybridized carbons (Fsp3) is 0.722. The summed E-state index contributed by atoms with van der Waals surface area (Å²) in [4.78, 5) is 28.2. The third-order valence-corrected chi connectivity index (χ3v) is 5.16. The van der Waals surface area contributed by atoms with Gasteiger partial charge >= 0.3 is 0 Å². The van der Waals surface area contributed by atoms with Crippen molar-refractivity contribution in [3.63, 3.8) is 0 Å². The van der Waals surface area contributed by atoms with E-state index < -0.39 is 6.04 Å². The lowest BCUT2D eigenvalue weighted by molar-refractivity contribution is -0.136. The van der Waals surface area contributed by atoms with Crippen LogP contribution in [-0.4, -0.2) is 57.1 Å². The first-order valence-corrected chi connectivity index (χ1v) is 9.43. The topological polar surface area (TPSA) is 70.5 Å². The van der Waals surface area contributed by atoms with Crippen LogP contribution in [0, 0.1) is 0 Å². The highest BCUT2D eigenvalue weighted by atomic mass is 16.2. The minimum Gasteiger partial charge on any atom is -0.349 e. The van der Waals surface area contributed by atoms with E-state index >= 15 is 0 Å². The molecule has 0 radical (unpaired) electrons. The number of unbranched alkanes of at least 4 members (excludes halogenated alkanes) is 1. The number of carbonyl (C=O) groups is 2. The molecule has 25 heavy (non-hydrogen) atoms. The van der Waals surface area contributed by atoms with Crippen LogP contribution >= 0.6 is 0 Å². The van der Waals surface area contributed by atoms with Crippen LogP contribution in [0.3, 0.4) is 0 Å². The Hall–Kier alpha value is -1.89. The highest BCUT2D eigenvalue weighted by Crippen LogP contribution is 2.15. The number of likely N-dealkylation sites (tertiary alicyclic amines) is 1. The van der Waals surface area contributed by atoms with Crippen LogP contribution in [0.2, 0.25) is 0 Å². The minimum absolute atomic E-state index is 0.0762. The van der Waals surface area contributed by atoms with Gasteiger partial charge in [-0.1, -0.05) is 13.3 Å². The van der Waals surface area contributed by atoms with Gasteiger partial charge in [-0.2, -0.15) is 5.10 Å². The second-order valence-electron chi connectivity index (χ2n) is 7.06. The predicted molar refractivity (Wildman–Crippen MR) is 94.7 cm³/mol. The summed E-state index contributed by atoms with van der Waals surface area (Å²) in [5.74, 6) is -0.0296. The fourth-order valence-corrected chi connectivity index (χ4v) is 3.58. The molecule has 3 heterocycles. The normalized spacial score (nSPS) is 19.1. The van der Waals surface area contributed by atoms with E-state index in [4.69, 9.17) is 0 Å². The molecular formula is C18H29N5O2. The lowest BCUT2D eigenvalue weighted by Gasteiger charge is -2.27. The van der Waals surface area contributed by atoms with Gasteiger partial charge in [0.05, 0.1) is 24.5 Å². The lowest BCUT2D eigenvalue weighted by atomic mass is 10.2. The molecule has 1 aromatic rings. The smallest absolute Gasteiger partial charge is 0.242 e. The van der Waals surface area contributed by atoms with Crippen molar-refractivity contribution in [3.05, 3.63) is 17.5 Å². The SMILES string of the molecule is CCCCN1CCn2nc(CNC(=O)C(C)N3CCCC3=O)cc2C1. The van der Waals surface area contributed by atoms with Crippen LogP contribution in [0.15, 0.2) is 6.07 Å². The second-order valence-corrected chi connectivity index (χ2v) is 7.06. The summed E-state index contributed by atoms with van der Waals surface area (Å²) in [6, 6.07) is 1.68. The minimum atomic E-state index is -0.406. The molecule has 7 nitrogen and oxygen atoms in total. The number of nitrogens with zero attached hydrogens (tertiary/aromatic N) is 4. The van der Waals surface area contributed by atoms with Gasteiger partial charge in [0.2, 0.25) is 11.8 Å². The third kappa shape index (κ3) is 4.21. The Labute approximate surface area is 149 Å². The van der Waals surface area contributed by atoms with Crippen molar-refractivity contribution in [3.8, 4) is 0 Å². The van der Waals surface area contributed by atoms with Gasteiger partial charge in [-0.25, -0.2) is 0 Å². The number of nitrogens with one attached hydrogen (secondary N) is 1. The molecule has 2 aliphatic rings. The van der Waals surface area contributed by atoms with Gasteiger partial charge in [0.15, 0.2) is 0 Å². The van der Waals surface area contributed by atoms with E-state index in [-0.39, 0.29) is 11.8 Å². The summed E-state index contributed by atoms with van der Waals surface area (Å²) >= 11 is 0. The van der Waals surface area contributed by atoms with E-state index in [0.717, 1.165) is 38.3 Å². The molecule has 138 valence electrons. The third-order valence-electron chi connectivity index (χ3n) is 5.16. The Bertz CT molecular complexity index is 627. The van der Waals surface area contributed by atoms with E-state index in [2.05, 4.69) is 33.0 Å². The average Bonchev–Trinajstić information content (AvgIpc) is 3.22. The van der Waals surface area contributed by atoms with Gasteiger partial charge in [-0.3, -0.25) is 19.2 Å². The first kappa shape index (κ1) is 17.9. The summed E-state index contributed by atoms with van der Waals surface area (Å²) in [5, 5.41) is 7.53. The van der Waals surface area contributed by atoms with E-state index in [9.17, 15) is 9.59 Å². The Morgan fingerprint density at radius 3 is 2.92 bits per heavy atom. The first-order chi connectivity index (χ1) is 12.1. The zero-order valence-corrected chi connectivity index (χ0v) is 15.3. The maximum absolute atomic E-state index is 12.3. The Morgan fingerprint density at radius 2 is 2.20 bits per heavy atom. The molecule has 0 spiro atoms. The maximum atomic E-state index is 12.3. The molecule has 1 unspecified atom stereocenters. The molecule has 1 N–H and O–H groups in total. The molecule has 0 saturated carbocycles. The molecular weight excluding hydrogens is 318 g/mol. The van der Waals surface area contributed by atoms with Crippen LogP contribution in [-0.2, 0) is 29.2 Å². The van der Waals surface area contributed by atoms with Gasteiger partial charge in [-0.05, 0) is 32.4 Å². The van der Waals surface area contributed by atoms with Gasteiger partial charge in [0.1, 0.15) is 6.04 Å². The standard InChI is InChI=1S/C18H29N5O2/c1-3-4-7-21-9-10-23-16(13-21)11-15(20-23)12-19-18(25)14(2)22-8-5-6-17(22)24/h11,14H,3-10,12-13H2,1-2H3,(H,19,25). The molecule has 1 atom stereocenters. The van der Waals surface area contributed by atoms with Crippen molar-refractivity contribution >= 4 is 11.8 Å². The molecule has 7 heteroatoms. The molecule has 1 saturated heterocycles. The zero-order valence-electron chi connectivity index (χ0n) is 15.3. The van der Waals surface area contributed by atoms with E-state index in [0.29, 0.717) is 19.5 Å². The Kier molecular flexibility index (Phi) is 5.73. The molecule has 3 rings (SSSR count). The van der Waals surface area contributed by atoms with Crippen molar-refractivity contribution in [1.29, 1.82) is 0 Å². The van der Waals surface area contributed by atoms with Gasteiger partial charge in [0.25, 0.3) is 0 Å². The van der Waals surface area contributed by atoms with E-state index in [1.165, 1.54) is 18.5 Å². The van der Waals surface area contributed by atoms with Crippen LogP contribution in [0.5, 0.6) is 0 Å². The van der Waals surface area contributed by atoms with Crippen molar-refractivity contribution in [2.24, 2.45) is 0 Å². The Morgan fingerprint density at radius 1 is 1.36 bits per heavy atom. The van der Waals surface area contributed by atoms with Crippen LogP contribution < -0.4 is 5.32 Å². The van der Waals surface area contributed by atoms with Crippen LogP contribution in [0.4, 0.5) is 0 Å². The number of hydrogen-bond acceptors (Lipinski definition) is 4. The maximum Gasteiger partial charge on any atom is 0.242 e. The van der Waals surface area contributed by atoms with Crippen molar-refractivity contribution in [2.45, 2.75) is 65.2 Å². The number of aromatic nitrogens is 2. The summed E-state index contributed by atoms with van der Waals surface area (Å²) in [7, 11) is 0. The van der Waals surface area contributed by atoms with E-state index in [1.807, 2.05) is 0 Å². The predicted octanol–water partition coefficient (Wildman–Crippen LogP) is 1.13. The molecule has 1 aromatic heterocycles. The van der Waals surface area contributed by atoms with E-state index in [1.54, 1.807) is 11.8 Å². The molecule has 0 bridgehead atoms. The lowest BCUT2D eigenvalue weighted by Crippen LogP contribution is -2.45. The molecule has 2 amide bonds. The fourth-order valence-electron chi connectivity index (χ4n) is 3.58.